The third-order valence-electron chi connectivity index (χ3n) is 1.48. The monoisotopic (exact) mass is 364 g/mol. The Morgan fingerprint density at radius 2 is 0.952 bits per heavy atom. The van der Waals surface area contributed by atoms with Gasteiger partial charge in [0, 0.05) is 0 Å². The summed E-state index contributed by atoms with van der Waals surface area (Å²) in [5.41, 5.74) is -6.56. The van der Waals surface area contributed by atoms with Crippen LogP contribution in [-0.4, -0.2) is 37.4 Å². The molecule has 0 saturated carbocycles. The van der Waals surface area contributed by atoms with Crippen molar-refractivity contribution in [3.05, 3.63) is 0 Å². The second kappa shape index (κ2) is 5.88. The Morgan fingerprint density at radius 1 is 0.667 bits per heavy atom. The van der Waals surface area contributed by atoms with Crippen LogP contribution in [0.1, 0.15) is 0 Å². The second-order valence-electron chi connectivity index (χ2n) is 3.31. The zero-order chi connectivity index (χ0) is 17.3. The largest absolute Gasteiger partial charge is 0.466 e. The molecule has 0 heterocycles. The molecule has 0 rings (SSSR count). The SMILES string of the molecule is O=P(OCC(F)(F)F)(OCC(F)(F)F)C(F)(F)C(F)(F)F. The topological polar surface area (TPSA) is 35.5 Å². The molecular weight excluding hydrogens is 360 g/mol. The average molecular weight is 364 g/mol. The van der Waals surface area contributed by atoms with Crippen LogP contribution in [0.15, 0.2) is 0 Å². The zero-order valence-electron chi connectivity index (χ0n) is 9.24. The van der Waals surface area contributed by atoms with Crippen LogP contribution in [0.2, 0.25) is 0 Å². The van der Waals surface area contributed by atoms with E-state index in [0.29, 0.717) is 0 Å². The first-order valence-corrected chi connectivity index (χ1v) is 5.93. The van der Waals surface area contributed by atoms with Gasteiger partial charge in [0.2, 0.25) is 0 Å². The molecule has 0 bridgehead atoms. The maximum absolute atomic E-state index is 12.8. The van der Waals surface area contributed by atoms with Gasteiger partial charge in [-0.3, -0.25) is 13.6 Å². The van der Waals surface area contributed by atoms with Crippen molar-refractivity contribution in [1.82, 2.24) is 0 Å². The molecule has 0 atom stereocenters. The molecule has 0 saturated heterocycles. The first-order valence-electron chi connectivity index (χ1n) is 4.38. The highest BCUT2D eigenvalue weighted by Crippen LogP contribution is 2.68. The highest BCUT2D eigenvalue weighted by atomic mass is 31.2. The van der Waals surface area contributed by atoms with E-state index in [2.05, 4.69) is 9.05 Å². The summed E-state index contributed by atoms with van der Waals surface area (Å²) in [7, 11) is -7.14. The van der Waals surface area contributed by atoms with Crippen molar-refractivity contribution in [2.45, 2.75) is 24.2 Å². The minimum atomic E-state index is -7.14. The van der Waals surface area contributed by atoms with Gasteiger partial charge in [-0.2, -0.15) is 48.3 Å². The quantitative estimate of drug-likeness (QED) is 0.533. The van der Waals surface area contributed by atoms with E-state index < -0.39 is 45.0 Å². The zero-order valence-corrected chi connectivity index (χ0v) is 10.1. The summed E-state index contributed by atoms with van der Waals surface area (Å²) in [6.45, 7) is -5.85. The first-order chi connectivity index (χ1) is 8.91. The fraction of sp³-hybridized carbons (Fsp3) is 1.00. The summed E-state index contributed by atoms with van der Waals surface area (Å²) in [4.78, 5) is 0. The van der Waals surface area contributed by atoms with E-state index in [-0.39, 0.29) is 0 Å². The Kier molecular flexibility index (Phi) is 5.70. The molecule has 0 radical (unpaired) electrons. The summed E-state index contributed by atoms with van der Waals surface area (Å²) in [6, 6.07) is 0. The molecule has 0 aromatic carbocycles. The van der Waals surface area contributed by atoms with E-state index in [1.807, 2.05) is 0 Å². The number of hydrogen-bond donors (Lipinski definition) is 0. The molecule has 0 aromatic heterocycles. The Balaban J connectivity index is 5.42. The van der Waals surface area contributed by atoms with E-state index in [1.165, 1.54) is 0 Å². The summed E-state index contributed by atoms with van der Waals surface area (Å²) in [6.07, 6.45) is -17.8. The molecule has 21 heavy (non-hydrogen) atoms. The highest BCUT2D eigenvalue weighted by molar-refractivity contribution is 7.55. The van der Waals surface area contributed by atoms with E-state index in [4.69, 9.17) is 0 Å². The second-order valence-corrected chi connectivity index (χ2v) is 5.39. The standard InChI is InChI=1S/C6H4F11O3P/c7-3(8,9)1-19-21(18,20-2-4(10,11)12)6(16,17)5(13,14)15/h1-2H2. The number of rotatable bonds is 5. The van der Waals surface area contributed by atoms with Gasteiger partial charge in [-0.15, -0.1) is 0 Å². The smallest absolute Gasteiger partial charge is 0.295 e. The van der Waals surface area contributed by atoms with Crippen molar-refractivity contribution in [3.63, 3.8) is 0 Å². The van der Waals surface area contributed by atoms with Gasteiger partial charge in [0.1, 0.15) is 0 Å². The van der Waals surface area contributed by atoms with Gasteiger partial charge < -0.3 is 0 Å². The van der Waals surface area contributed by atoms with E-state index in [1.54, 1.807) is 0 Å². The molecular formula is C6H4F11O3P. The lowest BCUT2D eigenvalue weighted by Crippen LogP contribution is -2.39. The molecule has 0 spiro atoms. The lowest BCUT2D eigenvalue weighted by molar-refractivity contribution is -0.254. The molecule has 15 heteroatoms. The van der Waals surface area contributed by atoms with Crippen LogP contribution < -0.4 is 0 Å². The fourth-order valence-electron chi connectivity index (χ4n) is 0.671. The molecule has 0 amide bonds. The van der Waals surface area contributed by atoms with E-state index >= 15 is 0 Å². The summed E-state index contributed by atoms with van der Waals surface area (Å²) in [5.74, 6) is 0. The van der Waals surface area contributed by atoms with Crippen molar-refractivity contribution in [2.75, 3.05) is 13.2 Å². The van der Waals surface area contributed by atoms with Gasteiger partial charge in [-0.05, 0) is 0 Å². The van der Waals surface area contributed by atoms with Gasteiger partial charge in [0.25, 0.3) is 0 Å². The Bertz CT molecular complexity index is 372. The number of alkyl halides is 11. The lowest BCUT2D eigenvalue weighted by atomic mass is 10.7. The first kappa shape index (κ1) is 20.4. The van der Waals surface area contributed by atoms with Gasteiger partial charge in [0.15, 0.2) is 13.2 Å². The summed E-state index contributed by atoms with van der Waals surface area (Å²) < 4.78 is 148. The van der Waals surface area contributed by atoms with Crippen LogP contribution in [0.3, 0.4) is 0 Å². The molecule has 0 aromatic rings. The molecule has 0 aliphatic carbocycles. The Hall–Kier alpha value is -0.620. The Labute approximate surface area is 108 Å². The van der Waals surface area contributed by atoms with Crippen molar-refractivity contribution >= 4 is 7.60 Å². The van der Waals surface area contributed by atoms with Crippen LogP contribution in [0, 0.1) is 0 Å². The van der Waals surface area contributed by atoms with Crippen LogP contribution >= 0.6 is 7.60 Å². The predicted octanol–water partition coefficient (Wildman–Crippen LogP) is 4.49. The predicted molar refractivity (Wildman–Crippen MR) is 42.6 cm³/mol. The molecule has 0 aliphatic heterocycles. The van der Waals surface area contributed by atoms with Crippen LogP contribution in [0.25, 0.3) is 0 Å². The molecule has 0 N–H and O–H groups in total. The minimum absolute atomic E-state index is 2.82. The maximum Gasteiger partial charge on any atom is 0.466 e. The molecule has 0 unspecified atom stereocenters. The molecule has 0 fully saturated rings. The van der Waals surface area contributed by atoms with Crippen LogP contribution in [-0.2, 0) is 13.6 Å². The summed E-state index contributed by atoms with van der Waals surface area (Å²) >= 11 is 0. The van der Waals surface area contributed by atoms with Crippen LogP contribution in [0.5, 0.6) is 0 Å². The fourth-order valence-corrected chi connectivity index (χ4v) is 2.01. The van der Waals surface area contributed by atoms with Gasteiger partial charge >= 0.3 is 31.8 Å². The van der Waals surface area contributed by atoms with Crippen LogP contribution in [0.4, 0.5) is 48.3 Å². The van der Waals surface area contributed by atoms with E-state index in [9.17, 15) is 52.9 Å². The molecule has 128 valence electrons. The molecule has 0 aliphatic rings. The van der Waals surface area contributed by atoms with Crippen molar-refractivity contribution in [3.8, 4) is 0 Å². The average Bonchev–Trinajstić information content (AvgIpc) is 2.19. The third-order valence-corrected chi connectivity index (χ3v) is 3.36. The van der Waals surface area contributed by atoms with Gasteiger partial charge in [0.05, 0.1) is 0 Å². The lowest BCUT2D eigenvalue weighted by Gasteiger charge is -2.28. The highest BCUT2D eigenvalue weighted by Gasteiger charge is 2.72. The van der Waals surface area contributed by atoms with Crippen molar-refractivity contribution in [2.24, 2.45) is 0 Å². The van der Waals surface area contributed by atoms with Gasteiger partial charge in [-0.1, -0.05) is 0 Å². The number of hydrogen-bond acceptors (Lipinski definition) is 3. The Morgan fingerprint density at radius 3 is 1.14 bits per heavy atom. The van der Waals surface area contributed by atoms with Gasteiger partial charge in [-0.25, -0.2) is 0 Å². The maximum atomic E-state index is 12.8. The molecule has 3 nitrogen and oxygen atoms in total. The third kappa shape index (κ3) is 5.94. The van der Waals surface area contributed by atoms with E-state index in [0.717, 1.165) is 0 Å². The minimum Gasteiger partial charge on any atom is -0.295 e. The normalized spacial score (nSPS) is 15.4. The summed E-state index contributed by atoms with van der Waals surface area (Å²) in [5, 5.41) is 0. The van der Waals surface area contributed by atoms with Crippen molar-refractivity contribution < 1.29 is 61.9 Å². The van der Waals surface area contributed by atoms with Crippen molar-refractivity contribution in [1.29, 1.82) is 0 Å². The number of halogens is 11.